The van der Waals surface area contributed by atoms with Gasteiger partial charge in [0.1, 0.15) is 0 Å². The van der Waals surface area contributed by atoms with Gasteiger partial charge in [-0.25, -0.2) is 4.99 Å². The van der Waals surface area contributed by atoms with Gasteiger partial charge in [-0.3, -0.25) is 0 Å². The smallest absolute Gasteiger partial charge is 0.191 e. The van der Waals surface area contributed by atoms with Crippen LogP contribution in [0.25, 0.3) is 0 Å². The van der Waals surface area contributed by atoms with Gasteiger partial charge in [0.15, 0.2) is 5.96 Å². The van der Waals surface area contributed by atoms with E-state index in [0.29, 0.717) is 13.1 Å². The van der Waals surface area contributed by atoms with Crippen LogP contribution < -0.4 is 10.6 Å². The lowest BCUT2D eigenvalue weighted by atomic mass is 9.80. The zero-order valence-corrected chi connectivity index (χ0v) is 15.3. The van der Waals surface area contributed by atoms with Gasteiger partial charge in [-0.2, -0.15) is 0 Å². The molecule has 0 spiro atoms. The fourth-order valence-electron chi connectivity index (χ4n) is 2.07. The van der Waals surface area contributed by atoms with Crippen LogP contribution in [0.3, 0.4) is 0 Å². The van der Waals surface area contributed by atoms with Gasteiger partial charge in [0.2, 0.25) is 0 Å². The average Bonchev–Trinajstić information content (AvgIpc) is 2.76. The van der Waals surface area contributed by atoms with E-state index in [9.17, 15) is 5.11 Å². The molecule has 1 aromatic rings. The SMILES string of the molecule is CCNC(=NCc1sccc1C)NCC1(O)CCC1.I. The molecule has 6 heteroatoms. The van der Waals surface area contributed by atoms with Crippen LogP contribution in [0.15, 0.2) is 16.4 Å². The molecule has 1 heterocycles. The number of aliphatic hydroxyl groups is 1. The predicted octanol–water partition coefficient (Wildman–Crippen LogP) is 2.64. The molecule has 1 aliphatic rings. The van der Waals surface area contributed by atoms with Crippen molar-refractivity contribution in [2.24, 2.45) is 4.99 Å². The van der Waals surface area contributed by atoms with Crippen LogP contribution in [0.1, 0.15) is 36.6 Å². The first-order valence-corrected chi connectivity index (χ1v) is 7.78. The molecule has 0 amide bonds. The Hall–Kier alpha value is -0.340. The second kappa shape index (κ2) is 8.19. The minimum absolute atomic E-state index is 0. The average molecular weight is 409 g/mol. The summed E-state index contributed by atoms with van der Waals surface area (Å²) in [5.74, 6) is 0.788. The van der Waals surface area contributed by atoms with Crippen LogP contribution in [0.4, 0.5) is 0 Å². The summed E-state index contributed by atoms with van der Waals surface area (Å²) in [7, 11) is 0. The number of aryl methyl sites for hydroxylation is 1. The normalized spacial score (nSPS) is 17.1. The Balaban J connectivity index is 0.00000200. The lowest BCUT2D eigenvalue weighted by Gasteiger charge is -2.36. The van der Waals surface area contributed by atoms with Crippen molar-refractivity contribution in [2.45, 2.75) is 45.3 Å². The molecule has 1 aromatic heterocycles. The Bertz CT molecular complexity index is 443. The van der Waals surface area contributed by atoms with E-state index in [-0.39, 0.29) is 24.0 Å². The highest BCUT2D eigenvalue weighted by molar-refractivity contribution is 14.0. The third kappa shape index (κ3) is 4.89. The summed E-state index contributed by atoms with van der Waals surface area (Å²) in [6.45, 7) is 6.26. The number of thiophene rings is 1. The fourth-order valence-corrected chi connectivity index (χ4v) is 2.90. The molecule has 0 saturated heterocycles. The van der Waals surface area contributed by atoms with Gasteiger partial charge in [0.05, 0.1) is 12.1 Å². The molecule has 0 aromatic carbocycles. The molecule has 1 fully saturated rings. The summed E-state index contributed by atoms with van der Waals surface area (Å²) < 4.78 is 0. The molecule has 0 unspecified atom stereocenters. The van der Waals surface area contributed by atoms with Gasteiger partial charge < -0.3 is 15.7 Å². The Labute approximate surface area is 142 Å². The van der Waals surface area contributed by atoms with E-state index >= 15 is 0 Å². The summed E-state index contributed by atoms with van der Waals surface area (Å²) in [4.78, 5) is 5.86. The molecular formula is C14H24IN3OS. The van der Waals surface area contributed by atoms with Crippen molar-refractivity contribution in [1.82, 2.24) is 10.6 Å². The van der Waals surface area contributed by atoms with Crippen molar-refractivity contribution < 1.29 is 5.11 Å². The zero-order valence-electron chi connectivity index (χ0n) is 12.1. The summed E-state index contributed by atoms with van der Waals surface area (Å²) in [6, 6.07) is 2.12. The highest BCUT2D eigenvalue weighted by atomic mass is 127. The van der Waals surface area contributed by atoms with Crippen LogP contribution in [-0.2, 0) is 6.54 Å². The van der Waals surface area contributed by atoms with Gasteiger partial charge in [-0.15, -0.1) is 35.3 Å². The number of rotatable bonds is 5. The third-order valence-electron chi connectivity index (χ3n) is 3.56. The number of hydrogen-bond donors (Lipinski definition) is 3. The molecule has 2 rings (SSSR count). The molecular weight excluding hydrogens is 385 g/mol. The lowest BCUT2D eigenvalue weighted by Crippen LogP contribution is -2.50. The number of hydrogen-bond acceptors (Lipinski definition) is 3. The first kappa shape index (κ1) is 17.7. The molecule has 0 radical (unpaired) electrons. The van der Waals surface area contributed by atoms with E-state index in [1.807, 2.05) is 6.92 Å². The molecule has 20 heavy (non-hydrogen) atoms. The first-order chi connectivity index (χ1) is 9.13. The van der Waals surface area contributed by atoms with E-state index in [0.717, 1.165) is 31.8 Å². The summed E-state index contributed by atoms with van der Waals surface area (Å²) >= 11 is 1.74. The highest BCUT2D eigenvalue weighted by Crippen LogP contribution is 2.30. The zero-order chi connectivity index (χ0) is 13.7. The Morgan fingerprint density at radius 2 is 2.20 bits per heavy atom. The number of nitrogens with zero attached hydrogens (tertiary/aromatic N) is 1. The summed E-state index contributed by atoms with van der Waals surface area (Å²) in [5, 5.41) is 18.6. The van der Waals surface area contributed by atoms with Gasteiger partial charge in [0.25, 0.3) is 0 Å². The standard InChI is InChI=1S/C14H23N3OS.HI/c1-3-15-13(17-10-14(18)6-4-7-14)16-9-12-11(2)5-8-19-12;/h5,8,18H,3-4,6-7,9-10H2,1-2H3,(H2,15,16,17);1H. The fraction of sp³-hybridized carbons (Fsp3) is 0.643. The molecule has 0 aliphatic heterocycles. The van der Waals surface area contributed by atoms with Gasteiger partial charge in [-0.05, 0) is 50.1 Å². The Morgan fingerprint density at radius 1 is 1.45 bits per heavy atom. The second-order valence-corrected chi connectivity index (χ2v) is 6.15. The third-order valence-corrected chi connectivity index (χ3v) is 4.57. The number of nitrogens with one attached hydrogen (secondary N) is 2. The van der Waals surface area contributed by atoms with E-state index < -0.39 is 5.60 Å². The van der Waals surface area contributed by atoms with E-state index in [2.05, 4.69) is 34.0 Å². The van der Waals surface area contributed by atoms with Gasteiger partial charge in [0, 0.05) is 18.0 Å². The van der Waals surface area contributed by atoms with E-state index in [1.54, 1.807) is 11.3 Å². The lowest BCUT2D eigenvalue weighted by molar-refractivity contribution is -0.0279. The van der Waals surface area contributed by atoms with Crippen molar-refractivity contribution in [2.75, 3.05) is 13.1 Å². The molecule has 1 aliphatic carbocycles. The topological polar surface area (TPSA) is 56.7 Å². The minimum Gasteiger partial charge on any atom is -0.388 e. The maximum Gasteiger partial charge on any atom is 0.191 e. The summed E-state index contributed by atoms with van der Waals surface area (Å²) in [5.41, 5.74) is 0.775. The van der Waals surface area contributed by atoms with Gasteiger partial charge >= 0.3 is 0 Å². The van der Waals surface area contributed by atoms with Crippen LogP contribution in [0.2, 0.25) is 0 Å². The number of halogens is 1. The maximum atomic E-state index is 10.1. The summed E-state index contributed by atoms with van der Waals surface area (Å²) in [6.07, 6.45) is 2.91. The van der Waals surface area contributed by atoms with Crippen molar-refractivity contribution in [3.05, 3.63) is 21.9 Å². The largest absolute Gasteiger partial charge is 0.388 e. The van der Waals surface area contributed by atoms with Gasteiger partial charge in [-0.1, -0.05) is 0 Å². The minimum atomic E-state index is -0.519. The Morgan fingerprint density at radius 3 is 2.70 bits per heavy atom. The maximum absolute atomic E-state index is 10.1. The van der Waals surface area contributed by atoms with Crippen LogP contribution in [0, 0.1) is 6.92 Å². The van der Waals surface area contributed by atoms with E-state index in [1.165, 1.54) is 10.4 Å². The van der Waals surface area contributed by atoms with Crippen molar-refractivity contribution >= 4 is 41.3 Å². The quantitative estimate of drug-likeness (QED) is 0.398. The second-order valence-electron chi connectivity index (χ2n) is 5.15. The monoisotopic (exact) mass is 409 g/mol. The molecule has 0 atom stereocenters. The van der Waals surface area contributed by atoms with Crippen LogP contribution >= 0.6 is 35.3 Å². The first-order valence-electron chi connectivity index (χ1n) is 6.90. The number of aliphatic imine (C=N–C) groups is 1. The van der Waals surface area contributed by atoms with Crippen molar-refractivity contribution in [1.29, 1.82) is 0 Å². The molecule has 1 saturated carbocycles. The van der Waals surface area contributed by atoms with Crippen LogP contribution in [0.5, 0.6) is 0 Å². The number of guanidine groups is 1. The van der Waals surface area contributed by atoms with Crippen molar-refractivity contribution in [3.8, 4) is 0 Å². The Kier molecular flexibility index (Phi) is 7.25. The molecule has 0 bridgehead atoms. The molecule has 4 nitrogen and oxygen atoms in total. The molecule has 114 valence electrons. The predicted molar refractivity (Wildman–Crippen MR) is 96.1 cm³/mol. The molecule has 3 N–H and O–H groups in total. The van der Waals surface area contributed by atoms with Crippen LogP contribution in [-0.4, -0.2) is 29.8 Å². The van der Waals surface area contributed by atoms with E-state index in [4.69, 9.17) is 0 Å². The highest BCUT2D eigenvalue weighted by Gasteiger charge is 2.34. The van der Waals surface area contributed by atoms with Crippen molar-refractivity contribution in [3.63, 3.8) is 0 Å².